The van der Waals surface area contributed by atoms with Crippen LogP contribution in [0, 0.1) is 0 Å². The van der Waals surface area contributed by atoms with Gasteiger partial charge in [-0.3, -0.25) is 19.3 Å². The van der Waals surface area contributed by atoms with E-state index in [1.807, 2.05) is 17.5 Å². The lowest BCUT2D eigenvalue weighted by Crippen LogP contribution is -2.44. The van der Waals surface area contributed by atoms with E-state index in [0.29, 0.717) is 16.2 Å². The van der Waals surface area contributed by atoms with Crippen LogP contribution in [0.4, 0.5) is 5.69 Å². The molecule has 158 valence electrons. The van der Waals surface area contributed by atoms with Crippen LogP contribution in [-0.2, 0) is 19.1 Å². The number of carbonyl (C=O) groups excluding carboxylic acids is 4. The van der Waals surface area contributed by atoms with E-state index >= 15 is 0 Å². The standard InChI is InChI=1S/C21H16N2O5S3/c1-2-28-20(27)12-5-7-13(8-6-12)22-17(24)11-15(18(22)25)23-19(26)16(31-21(23)29)10-14-4-3-9-30-14/h3-10,15H,2,11H2,1H3. The third-order valence-electron chi connectivity index (χ3n) is 4.71. The highest BCUT2D eigenvalue weighted by Crippen LogP contribution is 2.37. The van der Waals surface area contributed by atoms with Crippen LogP contribution < -0.4 is 4.90 Å². The van der Waals surface area contributed by atoms with Gasteiger partial charge in [-0.1, -0.05) is 30.0 Å². The predicted octanol–water partition coefficient (Wildman–Crippen LogP) is 3.46. The topological polar surface area (TPSA) is 84.0 Å². The number of ether oxygens (including phenoxy) is 1. The van der Waals surface area contributed by atoms with Crippen molar-refractivity contribution in [2.45, 2.75) is 19.4 Å². The number of amides is 3. The van der Waals surface area contributed by atoms with E-state index in [1.54, 1.807) is 13.0 Å². The largest absolute Gasteiger partial charge is 0.462 e. The van der Waals surface area contributed by atoms with Crippen LogP contribution in [0.2, 0.25) is 0 Å². The van der Waals surface area contributed by atoms with Crippen molar-refractivity contribution in [3.8, 4) is 0 Å². The van der Waals surface area contributed by atoms with Crippen LogP contribution >= 0.6 is 35.3 Å². The summed E-state index contributed by atoms with van der Waals surface area (Å²) >= 11 is 7.95. The van der Waals surface area contributed by atoms with E-state index in [9.17, 15) is 19.2 Å². The molecule has 3 heterocycles. The fraction of sp³-hybridized carbons (Fsp3) is 0.190. The minimum atomic E-state index is -0.987. The van der Waals surface area contributed by atoms with Gasteiger partial charge in [0.25, 0.3) is 11.8 Å². The van der Waals surface area contributed by atoms with Gasteiger partial charge in [0.1, 0.15) is 10.4 Å². The maximum atomic E-state index is 13.1. The van der Waals surface area contributed by atoms with Crippen molar-refractivity contribution in [2.75, 3.05) is 11.5 Å². The number of carbonyl (C=O) groups is 4. The second kappa shape index (κ2) is 8.74. The fourth-order valence-corrected chi connectivity index (χ4v) is 5.38. The van der Waals surface area contributed by atoms with Crippen LogP contribution in [0.25, 0.3) is 6.08 Å². The number of nitrogens with zero attached hydrogens (tertiary/aromatic N) is 2. The average Bonchev–Trinajstić information content (AvgIpc) is 3.42. The Morgan fingerprint density at radius 3 is 2.61 bits per heavy atom. The van der Waals surface area contributed by atoms with E-state index in [4.69, 9.17) is 17.0 Å². The number of esters is 1. The second-order valence-corrected chi connectivity index (χ2v) is 9.28. The van der Waals surface area contributed by atoms with Crippen molar-refractivity contribution >= 4 is 75.1 Å². The van der Waals surface area contributed by atoms with E-state index in [1.165, 1.54) is 40.5 Å². The van der Waals surface area contributed by atoms with Gasteiger partial charge >= 0.3 is 5.97 Å². The summed E-state index contributed by atoms with van der Waals surface area (Å²) in [6.45, 7) is 1.95. The van der Waals surface area contributed by atoms with Gasteiger partial charge in [-0.2, -0.15) is 0 Å². The number of benzene rings is 1. The number of imide groups is 1. The quantitative estimate of drug-likeness (QED) is 0.285. The number of rotatable bonds is 5. The van der Waals surface area contributed by atoms with Gasteiger partial charge in [-0.15, -0.1) is 11.3 Å². The average molecular weight is 473 g/mol. The summed E-state index contributed by atoms with van der Waals surface area (Å²) in [5.41, 5.74) is 0.641. The van der Waals surface area contributed by atoms with Gasteiger partial charge < -0.3 is 4.74 Å². The SMILES string of the molecule is CCOC(=O)c1ccc(N2C(=O)CC(N3C(=O)C(=Cc4cccs4)SC3=S)C2=O)cc1. The first-order chi connectivity index (χ1) is 14.9. The highest BCUT2D eigenvalue weighted by atomic mass is 32.2. The zero-order valence-corrected chi connectivity index (χ0v) is 18.7. The number of thiocarbonyl (C=S) groups is 1. The Bertz CT molecular complexity index is 1110. The maximum absolute atomic E-state index is 13.1. The number of anilines is 1. The Morgan fingerprint density at radius 2 is 1.97 bits per heavy atom. The van der Waals surface area contributed by atoms with E-state index in [0.717, 1.165) is 21.5 Å². The van der Waals surface area contributed by atoms with Gasteiger partial charge in [0.2, 0.25) is 5.91 Å². The van der Waals surface area contributed by atoms with E-state index < -0.39 is 23.8 Å². The predicted molar refractivity (Wildman–Crippen MR) is 123 cm³/mol. The summed E-state index contributed by atoms with van der Waals surface area (Å²) < 4.78 is 5.19. The number of thiophene rings is 1. The molecule has 0 N–H and O–H groups in total. The third-order valence-corrected chi connectivity index (χ3v) is 6.86. The minimum Gasteiger partial charge on any atom is -0.462 e. The van der Waals surface area contributed by atoms with E-state index in [2.05, 4.69) is 0 Å². The zero-order valence-electron chi connectivity index (χ0n) is 16.3. The van der Waals surface area contributed by atoms with Gasteiger partial charge in [-0.25, -0.2) is 9.69 Å². The first-order valence-corrected chi connectivity index (χ1v) is 11.5. The van der Waals surface area contributed by atoms with Crippen molar-refractivity contribution in [2.24, 2.45) is 0 Å². The lowest BCUT2D eigenvalue weighted by atomic mass is 10.2. The van der Waals surface area contributed by atoms with Crippen LogP contribution in [0.15, 0.2) is 46.7 Å². The second-order valence-electron chi connectivity index (χ2n) is 6.62. The van der Waals surface area contributed by atoms with Crippen molar-refractivity contribution in [1.29, 1.82) is 0 Å². The molecule has 3 amide bonds. The van der Waals surface area contributed by atoms with Crippen LogP contribution in [0.5, 0.6) is 0 Å². The minimum absolute atomic E-state index is 0.156. The van der Waals surface area contributed by atoms with Gasteiger partial charge in [0, 0.05) is 4.88 Å². The molecule has 10 heteroatoms. The van der Waals surface area contributed by atoms with Gasteiger partial charge in [0.15, 0.2) is 0 Å². The van der Waals surface area contributed by atoms with Crippen LogP contribution in [0.3, 0.4) is 0 Å². The van der Waals surface area contributed by atoms with Crippen molar-refractivity contribution < 1.29 is 23.9 Å². The molecule has 1 aromatic carbocycles. The molecule has 1 aromatic heterocycles. The van der Waals surface area contributed by atoms with E-state index in [-0.39, 0.29) is 23.3 Å². The number of hydrogen-bond acceptors (Lipinski definition) is 8. The first-order valence-electron chi connectivity index (χ1n) is 9.35. The number of thioether (sulfide) groups is 1. The molecule has 0 spiro atoms. The van der Waals surface area contributed by atoms with Gasteiger partial charge in [0.05, 0.1) is 29.2 Å². The summed E-state index contributed by atoms with van der Waals surface area (Å²) in [4.78, 5) is 54.0. The molecule has 0 radical (unpaired) electrons. The van der Waals surface area contributed by atoms with Crippen LogP contribution in [0.1, 0.15) is 28.6 Å². The smallest absolute Gasteiger partial charge is 0.338 e. The Hall–Kier alpha value is -2.82. The molecule has 0 bridgehead atoms. The molecule has 2 fully saturated rings. The highest BCUT2D eigenvalue weighted by molar-refractivity contribution is 8.26. The Labute approximate surface area is 191 Å². The summed E-state index contributed by atoms with van der Waals surface area (Å²) in [6.07, 6.45) is 1.58. The lowest BCUT2D eigenvalue weighted by molar-refractivity contribution is -0.129. The molecule has 4 rings (SSSR count). The summed E-state index contributed by atoms with van der Waals surface area (Å²) in [7, 11) is 0. The molecule has 1 unspecified atom stereocenters. The van der Waals surface area contributed by atoms with Crippen LogP contribution in [-0.4, -0.2) is 45.6 Å². The molecule has 2 saturated heterocycles. The summed E-state index contributed by atoms with van der Waals surface area (Å²) in [5.74, 6) is -1.83. The molecule has 0 saturated carbocycles. The monoisotopic (exact) mass is 472 g/mol. The molecular formula is C21H16N2O5S3. The molecule has 2 aliphatic heterocycles. The molecule has 2 aliphatic rings. The molecule has 2 aromatic rings. The Morgan fingerprint density at radius 1 is 1.23 bits per heavy atom. The van der Waals surface area contributed by atoms with Crippen molar-refractivity contribution in [3.63, 3.8) is 0 Å². The highest BCUT2D eigenvalue weighted by Gasteiger charge is 2.48. The van der Waals surface area contributed by atoms with Gasteiger partial charge in [-0.05, 0) is 48.7 Å². The summed E-state index contributed by atoms with van der Waals surface area (Å²) in [5, 5.41) is 1.90. The molecule has 31 heavy (non-hydrogen) atoms. The van der Waals surface area contributed by atoms with Crippen molar-refractivity contribution in [3.05, 3.63) is 57.1 Å². The first kappa shape index (κ1) is 21.4. The normalized spacial score (nSPS) is 20.3. The van der Waals surface area contributed by atoms with Crippen molar-refractivity contribution in [1.82, 2.24) is 4.90 Å². The Balaban J connectivity index is 1.55. The third kappa shape index (κ3) is 4.06. The lowest BCUT2D eigenvalue weighted by Gasteiger charge is -2.21. The fourth-order valence-electron chi connectivity index (χ4n) is 3.30. The zero-order chi connectivity index (χ0) is 22.1. The molecule has 1 atom stereocenters. The number of hydrogen-bond donors (Lipinski definition) is 0. The molecule has 7 nitrogen and oxygen atoms in total. The maximum Gasteiger partial charge on any atom is 0.338 e. The molecule has 0 aliphatic carbocycles. The summed E-state index contributed by atoms with van der Waals surface area (Å²) in [6, 6.07) is 8.76. The Kier molecular flexibility index (Phi) is 6.03. The molecular weight excluding hydrogens is 456 g/mol.